The van der Waals surface area contributed by atoms with E-state index in [0.29, 0.717) is 18.5 Å². The Morgan fingerprint density at radius 3 is 2.59 bits per heavy atom. The van der Waals surface area contributed by atoms with Crippen molar-refractivity contribution in [2.45, 2.75) is 61.5 Å². The quantitative estimate of drug-likeness (QED) is 0.775. The molecular weight excluding hydrogens is 364 g/mol. The van der Waals surface area contributed by atoms with Crippen LogP contribution in [0, 0.1) is 0 Å². The van der Waals surface area contributed by atoms with E-state index in [4.69, 9.17) is 4.74 Å². The molecule has 1 saturated carbocycles. The minimum Gasteiger partial charge on any atom is -0.368 e. The van der Waals surface area contributed by atoms with Gasteiger partial charge in [-0.05, 0) is 56.5 Å². The van der Waals surface area contributed by atoms with Crippen molar-refractivity contribution in [3.05, 3.63) is 29.8 Å². The standard InChI is InChI=1S/C20H30N2O4S/c1-26-20(10-12-21-13-11-20)19(23)22-17-7-5-6-16(14-17)15-27(24,25)18-8-3-2-4-9-18/h5-7,14,18,21H,2-4,8-13,15H2,1H3,(H,22,23). The van der Waals surface area contributed by atoms with Crippen LogP contribution < -0.4 is 10.6 Å². The number of amides is 1. The van der Waals surface area contributed by atoms with Crippen molar-refractivity contribution in [3.8, 4) is 0 Å². The van der Waals surface area contributed by atoms with Crippen LogP contribution in [0.3, 0.4) is 0 Å². The second-order valence-corrected chi connectivity index (χ2v) is 9.95. The molecule has 2 fully saturated rings. The monoisotopic (exact) mass is 394 g/mol. The fourth-order valence-electron chi connectivity index (χ4n) is 4.11. The Bertz CT molecular complexity index is 751. The molecule has 2 N–H and O–H groups in total. The van der Waals surface area contributed by atoms with Gasteiger partial charge >= 0.3 is 0 Å². The van der Waals surface area contributed by atoms with Gasteiger partial charge in [-0.15, -0.1) is 0 Å². The fraction of sp³-hybridized carbons (Fsp3) is 0.650. The minimum absolute atomic E-state index is 0.0285. The number of rotatable bonds is 6. The van der Waals surface area contributed by atoms with E-state index >= 15 is 0 Å². The zero-order chi connectivity index (χ0) is 19.3. The largest absolute Gasteiger partial charge is 0.368 e. The first kappa shape index (κ1) is 20.3. The summed E-state index contributed by atoms with van der Waals surface area (Å²) in [5, 5.41) is 5.93. The lowest BCUT2D eigenvalue weighted by molar-refractivity contribution is -0.140. The van der Waals surface area contributed by atoms with E-state index in [9.17, 15) is 13.2 Å². The predicted molar refractivity (Wildman–Crippen MR) is 106 cm³/mol. The number of methoxy groups -OCH3 is 1. The van der Waals surface area contributed by atoms with Crippen LogP contribution in [0.4, 0.5) is 5.69 Å². The lowest BCUT2D eigenvalue weighted by Gasteiger charge is -2.34. The number of ether oxygens (including phenoxy) is 1. The van der Waals surface area contributed by atoms with Crippen LogP contribution in [0.1, 0.15) is 50.5 Å². The topological polar surface area (TPSA) is 84.5 Å². The van der Waals surface area contributed by atoms with Crippen molar-refractivity contribution in [1.82, 2.24) is 5.32 Å². The highest BCUT2D eigenvalue weighted by molar-refractivity contribution is 7.91. The van der Waals surface area contributed by atoms with Gasteiger partial charge in [0.2, 0.25) is 0 Å². The smallest absolute Gasteiger partial charge is 0.256 e. The van der Waals surface area contributed by atoms with Crippen LogP contribution >= 0.6 is 0 Å². The molecule has 1 heterocycles. The first-order chi connectivity index (χ1) is 13.0. The highest BCUT2D eigenvalue weighted by atomic mass is 32.2. The summed E-state index contributed by atoms with van der Waals surface area (Å²) in [6.07, 6.45) is 5.88. The molecule has 0 unspecified atom stereocenters. The van der Waals surface area contributed by atoms with E-state index in [2.05, 4.69) is 10.6 Å². The molecule has 3 rings (SSSR count). The van der Waals surface area contributed by atoms with Crippen LogP contribution in [0.2, 0.25) is 0 Å². The Morgan fingerprint density at radius 1 is 1.22 bits per heavy atom. The number of nitrogens with one attached hydrogen (secondary N) is 2. The van der Waals surface area contributed by atoms with E-state index in [-0.39, 0.29) is 16.9 Å². The molecule has 0 aromatic heterocycles. The molecule has 0 bridgehead atoms. The number of anilines is 1. The molecule has 0 radical (unpaired) electrons. The maximum atomic E-state index is 12.8. The van der Waals surface area contributed by atoms with Gasteiger partial charge < -0.3 is 15.4 Å². The highest BCUT2D eigenvalue weighted by Crippen LogP contribution is 2.28. The Labute approximate surface area is 162 Å². The van der Waals surface area contributed by atoms with Crippen LogP contribution in [0.25, 0.3) is 0 Å². The van der Waals surface area contributed by atoms with E-state index < -0.39 is 15.4 Å². The van der Waals surface area contributed by atoms with Gasteiger partial charge in [-0.1, -0.05) is 31.4 Å². The third kappa shape index (κ3) is 4.89. The SMILES string of the molecule is COC1(C(=O)Nc2cccc(CS(=O)(=O)C3CCCCC3)c2)CCNCC1. The Hall–Kier alpha value is -1.44. The van der Waals surface area contributed by atoms with E-state index in [1.54, 1.807) is 25.3 Å². The van der Waals surface area contributed by atoms with Crippen molar-refractivity contribution in [2.75, 3.05) is 25.5 Å². The molecule has 1 saturated heterocycles. The molecule has 27 heavy (non-hydrogen) atoms. The molecule has 6 nitrogen and oxygen atoms in total. The summed E-state index contributed by atoms with van der Waals surface area (Å²) in [7, 11) is -1.60. The first-order valence-corrected chi connectivity index (χ1v) is 11.5. The zero-order valence-corrected chi connectivity index (χ0v) is 16.8. The molecule has 0 atom stereocenters. The third-order valence-electron chi connectivity index (χ3n) is 5.83. The third-order valence-corrected chi connectivity index (χ3v) is 8.05. The lowest BCUT2D eigenvalue weighted by Crippen LogP contribution is -2.51. The van der Waals surface area contributed by atoms with Gasteiger partial charge in [-0.25, -0.2) is 8.42 Å². The molecule has 0 spiro atoms. The summed E-state index contributed by atoms with van der Waals surface area (Å²) in [6, 6.07) is 7.16. The maximum Gasteiger partial charge on any atom is 0.256 e. The van der Waals surface area contributed by atoms with Crippen molar-refractivity contribution in [2.24, 2.45) is 0 Å². The molecule has 1 amide bonds. The molecule has 7 heteroatoms. The lowest BCUT2D eigenvalue weighted by atomic mass is 9.91. The highest BCUT2D eigenvalue weighted by Gasteiger charge is 2.39. The second kappa shape index (κ2) is 8.71. The summed E-state index contributed by atoms with van der Waals surface area (Å²) in [5.41, 5.74) is 0.511. The van der Waals surface area contributed by atoms with Gasteiger partial charge in [0.1, 0.15) is 5.60 Å². The number of carbonyl (C=O) groups excluding carboxylic acids is 1. The van der Waals surface area contributed by atoms with Gasteiger partial charge in [0.25, 0.3) is 5.91 Å². The van der Waals surface area contributed by atoms with E-state index in [1.165, 1.54) is 0 Å². The van der Waals surface area contributed by atoms with Crippen LogP contribution in [0.15, 0.2) is 24.3 Å². The van der Waals surface area contributed by atoms with E-state index in [1.807, 2.05) is 6.07 Å². The summed E-state index contributed by atoms with van der Waals surface area (Å²) in [6.45, 7) is 1.47. The zero-order valence-electron chi connectivity index (χ0n) is 16.0. The van der Waals surface area contributed by atoms with Crippen molar-refractivity contribution in [3.63, 3.8) is 0 Å². The van der Waals surface area contributed by atoms with Gasteiger partial charge in [-0.2, -0.15) is 0 Å². The summed E-state index contributed by atoms with van der Waals surface area (Å²) in [5.74, 6) is -0.139. The summed E-state index contributed by atoms with van der Waals surface area (Å²) in [4.78, 5) is 12.8. The summed E-state index contributed by atoms with van der Waals surface area (Å²) >= 11 is 0. The van der Waals surface area contributed by atoms with Gasteiger partial charge in [-0.3, -0.25) is 4.79 Å². The molecule has 1 aromatic rings. The van der Waals surface area contributed by atoms with Crippen LogP contribution in [-0.4, -0.2) is 45.4 Å². The normalized spacial score (nSPS) is 20.9. The Morgan fingerprint density at radius 2 is 1.93 bits per heavy atom. The molecule has 1 aromatic carbocycles. The van der Waals surface area contributed by atoms with Crippen molar-refractivity contribution in [1.29, 1.82) is 0 Å². The number of carbonyl (C=O) groups is 1. The maximum absolute atomic E-state index is 12.8. The number of hydrogen-bond donors (Lipinski definition) is 2. The van der Waals surface area contributed by atoms with Crippen molar-refractivity contribution < 1.29 is 17.9 Å². The van der Waals surface area contributed by atoms with Gasteiger partial charge in [0, 0.05) is 12.8 Å². The average Bonchev–Trinajstić information content (AvgIpc) is 2.69. The first-order valence-electron chi connectivity index (χ1n) is 9.83. The minimum atomic E-state index is -3.16. The van der Waals surface area contributed by atoms with Gasteiger partial charge in [0.15, 0.2) is 9.84 Å². The molecule has 2 aliphatic rings. The second-order valence-electron chi connectivity index (χ2n) is 7.67. The van der Waals surface area contributed by atoms with Crippen LogP contribution in [0.5, 0.6) is 0 Å². The Kier molecular flexibility index (Phi) is 6.55. The van der Waals surface area contributed by atoms with Crippen LogP contribution in [-0.2, 0) is 25.1 Å². The predicted octanol–water partition coefficient (Wildman–Crippen LogP) is 2.64. The number of benzene rings is 1. The Balaban J connectivity index is 1.69. The average molecular weight is 395 g/mol. The fourth-order valence-corrected chi connectivity index (χ4v) is 6.04. The van der Waals surface area contributed by atoms with E-state index in [0.717, 1.165) is 50.8 Å². The van der Waals surface area contributed by atoms with Gasteiger partial charge in [0.05, 0.1) is 11.0 Å². The molecule has 1 aliphatic carbocycles. The molecule has 1 aliphatic heterocycles. The number of piperidine rings is 1. The molecule has 150 valence electrons. The number of hydrogen-bond acceptors (Lipinski definition) is 5. The molecular formula is C20H30N2O4S. The van der Waals surface area contributed by atoms with Crippen molar-refractivity contribution >= 4 is 21.4 Å². The summed E-state index contributed by atoms with van der Waals surface area (Å²) < 4.78 is 31.0. The number of sulfone groups is 1.